The fourth-order valence-electron chi connectivity index (χ4n) is 3.58. The molecule has 1 aromatic carbocycles. The first-order valence-corrected chi connectivity index (χ1v) is 9.62. The topological polar surface area (TPSA) is 36.4 Å². The summed E-state index contributed by atoms with van der Waals surface area (Å²) in [6.07, 6.45) is 7.34. The van der Waals surface area contributed by atoms with Crippen molar-refractivity contribution in [3.63, 3.8) is 0 Å². The molecule has 5 heteroatoms. The van der Waals surface area contributed by atoms with Gasteiger partial charge in [0.25, 0.3) is 0 Å². The highest BCUT2D eigenvalue weighted by Crippen LogP contribution is 2.24. The van der Waals surface area contributed by atoms with Gasteiger partial charge < -0.3 is 4.90 Å². The van der Waals surface area contributed by atoms with E-state index in [0.29, 0.717) is 5.91 Å². The van der Waals surface area contributed by atoms with Crippen molar-refractivity contribution in [3.8, 4) is 0 Å². The van der Waals surface area contributed by atoms with Gasteiger partial charge in [0.05, 0.1) is 16.8 Å². The fourth-order valence-corrected chi connectivity index (χ4v) is 4.59. The molecule has 1 saturated heterocycles. The minimum atomic E-state index is 0.214. The van der Waals surface area contributed by atoms with E-state index < -0.39 is 0 Å². The Kier molecular flexibility index (Phi) is 4.63. The normalized spacial score (nSPS) is 22.2. The second kappa shape index (κ2) is 7.03. The lowest BCUT2D eigenvalue weighted by Gasteiger charge is -2.36. The molecule has 1 aliphatic heterocycles. The zero-order valence-electron chi connectivity index (χ0n) is 13.9. The lowest BCUT2D eigenvalue weighted by Crippen LogP contribution is -2.50. The van der Waals surface area contributed by atoms with Crippen molar-refractivity contribution in [2.24, 2.45) is 5.92 Å². The average Bonchev–Trinajstić information content (AvgIpc) is 3.05. The Morgan fingerprint density at radius 1 is 1.17 bits per heavy atom. The summed E-state index contributed by atoms with van der Waals surface area (Å²) in [5.74, 6) is 0.574. The maximum absolute atomic E-state index is 12.6. The van der Waals surface area contributed by atoms with Crippen LogP contribution in [0.2, 0.25) is 0 Å². The Labute approximate surface area is 146 Å². The van der Waals surface area contributed by atoms with Crippen LogP contribution in [0.1, 0.15) is 24.3 Å². The number of hydrogen-bond acceptors (Lipinski definition) is 4. The zero-order chi connectivity index (χ0) is 16.4. The van der Waals surface area contributed by atoms with E-state index in [4.69, 9.17) is 4.98 Å². The van der Waals surface area contributed by atoms with Crippen molar-refractivity contribution in [1.82, 2.24) is 14.8 Å². The number of rotatable bonds is 3. The second-order valence-corrected chi connectivity index (χ2v) is 7.77. The Morgan fingerprint density at radius 3 is 2.75 bits per heavy atom. The SMILES string of the molecule is O=C([C@@H]1CC=CCC1)N1CCN(Cc2nc3ccccc3s2)CC1. The number of amides is 1. The predicted molar refractivity (Wildman–Crippen MR) is 98.0 cm³/mol. The molecule has 0 radical (unpaired) electrons. The van der Waals surface area contributed by atoms with Gasteiger partial charge in [0.15, 0.2) is 0 Å². The number of nitrogens with zero attached hydrogens (tertiary/aromatic N) is 3. The number of allylic oxidation sites excluding steroid dienone is 2. The molecule has 1 amide bonds. The molecule has 2 aliphatic rings. The van der Waals surface area contributed by atoms with Crippen molar-refractivity contribution >= 4 is 27.5 Å². The lowest BCUT2D eigenvalue weighted by atomic mass is 9.93. The highest BCUT2D eigenvalue weighted by atomic mass is 32.1. The largest absolute Gasteiger partial charge is 0.340 e. The number of piperazine rings is 1. The van der Waals surface area contributed by atoms with Gasteiger partial charge in [-0.25, -0.2) is 4.98 Å². The van der Waals surface area contributed by atoms with Crippen molar-refractivity contribution < 1.29 is 4.79 Å². The Hall–Kier alpha value is -1.72. The first kappa shape index (κ1) is 15.8. The quantitative estimate of drug-likeness (QED) is 0.804. The minimum absolute atomic E-state index is 0.214. The molecule has 4 rings (SSSR count). The van der Waals surface area contributed by atoms with Crippen molar-refractivity contribution in [2.75, 3.05) is 26.2 Å². The van der Waals surface area contributed by atoms with Crippen LogP contribution in [0.4, 0.5) is 0 Å². The van der Waals surface area contributed by atoms with Gasteiger partial charge in [0.1, 0.15) is 5.01 Å². The number of hydrogen-bond donors (Lipinski definition) is 0. The third kappa shape index (κ3) is 3.37. The number of carbonyl (C=O) groups excluding carboxylic acids is 1. The van der Waals surface area contributed by atoms with Gasteiger partial charge in [-0.15, -0.1) is 11.3 Å². The fraction of sp³-hybridized carbons (Fsp3) is 0.474. The molecular formula is C19H23N3OS. The van der Waals surface area contributed by atoms with Crippen LogP contribution in [0.25, 0.3) is 10.2 Å². The molecule has 0 saturated carbocycles. The third-order valence-corrected chi connectivity index (χ3v) is 6.02. The first-order valence-electron chi connectivity index (χ1n) is 8.80. The number of para-hydroxylation sites is 1. The van der Waals surface area contributed by atoms with Crippen molar-refractivity contribution in [1.29, 1.82) is 0 Å². The van der Waals surface area contributed by atoms with Gasteiger partial charge in [0, 0.05) is 32.1 Å². The van der Waals surface area contributed by atoms with Crippen LogP contribution in [0.5, 0.6) is 0 Å². The first-order chi connectivity index (χ1) is 11.8. The smallest absolute Gasteiger partial charge is 0.226 e. The summed E-state index contributed by atoms with van der Waals surface area (Å²) in [7, 11) is 0. The third-order valence-electron chi connectivity index (χ3n) is 5.00. The van der Waals surface area contributed by atoms with Crippen LogP contribution in [0.3, 0.4) is 0 Å². The maximum atomic E-state index is 12.6. The highest BCUT2D eigenvalue weighted by molar-refractivity contribution is 7.18. The van der Waals surface area contributed by atoms with E-state index in [1.54, 1.807) is 11.3 Å². The number of thiazole rings is 1. The van der Waals surface area contributed by atoms with Gasteiger partial charge >= 0.3 is 0 Å². The molecule has 0 spiro atoms. The minimum Gasteiger partial charge on any atom is -0.340 e. The molecule has 2 heterocycles. The van der Waals surface area contributed by atoms with Gasteiger partial charge in [-0.1, -0.05) is 24.3 Å². The number of fused-ring (bicyclic) bond motifs is 1. The summed E-state index contributed by atoms with van der Waals surface area (Å²) in [6.45, 7) is 4.50. The Balaban J connectivity index is 1.32. The van der Waals surface area contributed by atoms with E-state index in [1.807, 2.05) is 6.07 Å². The molecule has 4 nitrogen and oxygen atoms in total. The summed E-state index contributed by atoms with van der Waals surface area (Å²) >= 11 is 1.78. The predicted octanol–water partition coefficient (Wildman–Crippen LogP) is 3.30. The highest BCUT2D eigenvalue weighted by Gasteiger charge is 2.27. The molecule has 126 valence electrons. The summed E-state index contributed by atoms with van der Waals surface area (Å²) < 4.78 is 1.26. The monoisotopic (exact) mass is 341 g/mol. The van der Waals surface area contributed by atoms with Gasteiger partial charge in [-0.3, -0.25) is 9.69 Å². The molecule has 2 aromatic rings. The van der Waals surface area contributed by atoms with E-state index in [2.05, 4.69) is 40.2 Å². The summed E-state index contributed by atoms with van der Waals surface area (Å²) in [4.78, 5) is 21.8. The molecule has 1 aliphatic carbocycles. The number of aromatic nitrogens is 1. The second-order valence-electron chi connectivity index (χ2n) is 6.66. The molecular weight excluding hydrogens is 318 g/mol. The van der Waals surface area contributed by atoms with Crippen LogP contribution >= 0.6 is 11.3 Å². The van der Waals surface area contributed by atoms with E-state index in [1.165, 1.54) is 9.71 Å². The summed E-state index contributed by atoms with van der Waals surface area (Å²) in [6, 6.07) is 8.31. The standard InChI is InChI=1S/C19H23N3OS/c23-19(15-6-2-1-3-7-15)22-12-10-21(11-13-22)14-18-20-16-8-4-5-9-17(16)24-18/h1-2,4-5,8-9,15H,3,6-7,10-14H2/t15-/m1/s1. The Bertz CT molecular complexity index is 713. The van der Waals surface area contributed by atoms with Crippen molar-refractivity contribution in [3.05, 3.63) is 41.4 Å². The summed E-state index contributed by atoms with van der Waals surface area (Å²) in [5, 5.41) is 1.17. The van der Waals surface area contributed by atoms with Crippen LogP contribution in [0.15, 0.2) is 36.4 Å². The molecule has 24 heavy (non-hydrogen) atoms. The lowest BCUT2D eigenvalue weighted by molar-refractivity contribution is -0.137. The molecule has 1 fully saturated rings. The Morgan fingerprint density at radius 2 is 2.00 bits per heavy atom. The van der Waals surface area contributed by atoms with Gasteiger partial charge in [-0.2, -0.15) is 0 Å². The van der Waals surface area contributed by atoms with E-state index in [0.717, 1.165) is 57.5 Å². The molecule has 0 unspecified atom stereocenters. The van der Waals surface area contributed by atoms with E-state index in [9.17, 15) is 4.79 Å². The van der Waals surface area contributed by atoms with Gasteiger partial charge in [-0.05, 0) is 31.4 Å². The van der Waals surface area contributed by atoms with Crippen LogP contribution in [-0.2, 0) is 11.3 Å². The maximum Gasteiger partial charge on any atom is 0.226 e. The average molecular weight is 341 g/mol. The number of benzene rings is 1. The molecule has 0 bridgehead atoms. The summed E-state index contributed by atoms with van der Waals surface area (Å²) in [5.41, 5.74) is 1.09. The van der Waals surface area contributed by atoms with Crippen LogP contribution in [-0.4, -0.2) is 46.9 Å². The molecule has 0 N–H and O–H groups in total. The van der Waals surface area contributed by atoms with Crippen molar-refractivity contribution in [2.45, 2.75) is 25.8 Å². The van der Waals surface area contributed by atoms with Gasteiger partial charge in [0.2, 0.25) is 5.91 Å². The van der Waals surface area contributed by atoms with Crippen LogP contribution in [0, 0.1) is 5.92 Å². The van der Waals surface area contributed by atoms with E-state index >= 15 is 0 Å². The number of carbonyl (C=O) groups is 1. The van der Waals surface area contributed by atoms with Crippen LogP contribution < -0.4 is 0 Å². The molecule has 1 atom stereocenters. The zero-order valence-corrected chi connectivity index (χ0v) is 14.7. The molecule has 1 aromatic heterocycles. The van der Waals surface area contributed by atoms with E-state index in [-0.39, 0.29) is 5.92 Å².